The summed E-state index contributed by atoms with van der Waals surface area (Å²) in [5, 5.41) is 8.37. The van der Waals surface area contributed by atoms with Crippen LogP contribution in [0.3, 0.4) is 0 Å². The van der Waals surface area contributed by atoms with E-state index in [1.807, 2.05) is 18.2 Å². The van der Waals surface area contributed by atoms with Crippen LogP contribution in [0.5, 0.6) is 0 Å². The third-order valence-corrected chi connectivity index (χ3v) is 1.20. The van der Waals surface area contributed by atoms with Crippen molar-refractivity contribution in [2.75, 3.05) is 0 Å². The second kappa shape index (κ2) is 3.06. The molecule has 0 radical (unpaired) electrons. The summed E-state index contributed by atoms with van der Waals surface area (Å²) in [6, 6.07) is 9.13. The molecule has 0 aliphatic heterocycles. The molecule has 2 nitrogen and oxygen atoms in total. The Morgan fingerprint density at radius 2 is 1.90 bits per heavy atom. The molecule has 0 amide bonds. The predicted molar refractivity (Wildman–Crippen MR) is 41.2 cm³/mol. The lowest BCUT2D eigenvalue weighted by Crippen LogP contribution is -2.21. The second-order valence-electron chi connectivity index (χ2n) is 2.06. The Morgan fingerprint density at radius 1 is 1.30 bits per heavy atom. The molecule has 1 rings (SSSR count). The highest BCUT2D eigenvalue weighted by Gasteiger charge is 2.00. The van der Waals surface area contributed by atoms with Gasteiger partial charge in [0.05, 0.1) is 0 Å². The van der Waals surface area contributed by atoms with Crippen molar-refractivity contribution < 1.29 is 9.90 Å². The maximum Gasteiger partial charge on any atom is 0.293 e. The van der Waals surface area contributed by atoms with Crippen LogP contribution in [0, 0.1) is 0 Å². The zero-order valence-corrected chi connectivity index (χ0v) is 5.45. The topological polar surface area (TPSA) is 37.3 Å². The van der Waals surface area contributed by atoms with Gasteiger partial charge in [-0.3, -0.25) is 4.79 Å². The van der Waals surface area contributed by atoms with Crippen molar-refractivity contribution in [1.29, 1.82) is 0 Å². The first-order valence-corrected chi connectivity index (χ1v) is 3.05. The largest absolute Gasteiger partial charge is 0.489 e. The number of carboxylic acid groups (broad SMARTS) is 1. The van der Waals surface area contributed by atoms with Crippen molar-refractivity contribution >= 4 is 18.6 Å². The van der Waals surface area contributed by atoms with Gasteiger partial charge in [-0.25, -0.2) is 0 Å². The molecular weight excluding hydrogens is 127 g/mol. The maximum atomic E-state index is 10.2. The first kappa shape index (κ1) is 6.87. The van der Waals surface area contributed by atoms with E-state index < -0.39 is 5.87 Å². The summed E-state index contributed by atoms with van der Waals surface area (Å²) in [4.78, 5) is 10.2. The fourth-order valence-electron chi connectivity index (χ4n) is 0.770. The van der Waals surface area contributed by atoms with Crippen molar-refractivity contribution in [2.45, 2.75) is 0 Å². The van der Waals surface area contributed by atoms with Crippen LogP contribution in [-0.2, 0) is 0 Å². The van der Waals surface area contributed by atoms with Gasteiger partial charge in [-0.05, 0) is 0 Å². The van der Waals surface area contributed by atoms with E-state index in [4.69, 9.17) is 5.11 Å². The van der Waals surface area contributed by atoms with Gasteiger partial charge >= 0.3 is 0 Å². The SMILES string of the molecule is O=C(O)Bc1ccccc1. The van der Waals surface area contributed by atoms with Crippen molar-refractivity contribution in [3.63, 3.8) is 0 Å². The Hall–Kier alpha value is -1.25. The van der Waals surface area contributed by atoms with Gasteiger partial charge in [-0.2, -0.15) is 0 Å². The Kier molecular flexibility index (Phi) is 2.10. The van der Waals surface area contributed by atoms with Crippen LogP contribution in [0.4, 0.5) is 4.79 Å². The normalized spacial score (nSPS) is 8.80. The molecule has 50 valence electrons. The molecule has 0 saturated carbocycles. The molecule has 1 aromatic carbocycles. The third-order valence-electron chi connectivity index (χ3n) is 1.20. The third kappa shape index (κ3) is 1.93. The van der Waals surface area contributed by atoms with Crippen LogP contribution >= 0.6 is 0 Å². The van der Waals surface area contributed by atoms with Gasteiger partial charge in [0.2, 0.25) is 0 Å². The molecule has 1 aromatic rings. The average molecular weight is 134 g/mol. The van der Waals surface area contributed by atoms with E-state index in [-0.39, 0.29) is 7.28 Å². The molecule has 0 spiro atoms. The second-order valence-corrected chi connectivity index (χ2v) is 2.06. The summed E-state index contributed by atoms with van der Waals surface area (Å²) in [7, 11) is 0.112. The lowest BCUT2D eigenvalue weighted by atomic mass is 9.71. The van der Waals surface area contributed by atoms with Gasteiger partial charge in [0.25, 0.3) is 13.1 Å². The molecule has 0 fully saturated rings. The molecule has 1 N–H and O–H groups in total. The van der Waals surface area contributed by atoms with Crippen molar-refractivity contribution in [3.8, 4) is 0 Å². The lowest BCUT2D eigenvalue weighted by Gasteiger charge is -1.90. The standard InChI is InChI=1S/C7H7BO2/c9-7(10)8-6-4-2-1-3-5-6/h1-5,8H,(H,9,10). The summed E-state index contributed by atoms with van der Waals surface area (Å²) in [5.74, 6) is -0.786. The van der Waals surface area contributed by atoms with E-state index in [1.165, 1.54) is 0 Å². The molecule has 0 saturated heterocycles. The van der Waals surface area contributed by atoms with Gasteiger partial charge in [0.15, 0.2) is 0 Å². The highest BCUT2D eigenvalue weighted by molar-refractivity contribution is 6.82. The maximum absolute atomic E-state index is 10.2. The predicted octanol–water partition coefficient (Wildman–Crippen LogP) is 0.426. The number of hydrogen-bond donors (Lipinski definition) is 1. The zero-order chi connectivity index (χ0) is 7.40. The van der Waals surface area contributed by atoms with Crippen molar-refractivity contribution in [3.05, 3.63) is 30.3 Å². The summed E-state index contributed by atoms with van der Waals surface area (Å²) in [6.07, 6.45) is 0. The van der Waals surface area contributed by atoms with Crippen LogP contribution in [0.1, 0.15) is 0 Å². The van der Waals surface area contributed by atoms with E-state index >= 15 is 0 Å². The van der Waals surface area contributed by atoms with Gasteiger partial charge < -0.3 is 5.11 Å². The molecule has 0 atom stereocenters. The Bertz CT molecular complexity index is 220. The molecule has 0 aliphatic carbocycles. The molecular formula is C7H7BO2. The minimum Gasteiger partial charge on any atom is -0.489 e. The molecule has 0 heterocycles. The van der Waals surface area contributed by atoms with Gasteiger partial charge in [-0.1, -0.05) is 35.8 Å². The van der Waals surface area contributed by atoms with Gasteiger partial charge in [0, 0.05) is 0 Å². The Balaban J connectivity index is 2.67. The quantitative estimate of drug-likeness (QED) is 0.595. The number of carbonyl (C=O) groups is 1. The average Bonchev–Trinajstić information content (AvgIpc) is 1.88. The van der Waals surface area contributed by atoms with Crippen LogP contribution < -0.4 is 5.46 Å². The van der Waals surface area contributed by atoms with Gasteiger partial charge in [0.1, 0.15) is 0 Å². The van der Waals surface area contributed by atoms with Crippen LogP contribution in [0.25, 0.3) is 0 Å². The van der Waals surface area contributed by atoms with E-state index in [0.29, 0.717) is 0 Å². The number of rotatable bonds is 2. The number of hydrogen-bond acceptors (Lipinski definition) is 1. The van der Waals surface area contributed by atoms with Crippen molar-refractivity contribution in [2.24, 2.45) is 0 Å². The smallest absolute Gasteiger partial charge is 0.293 e. The Labute approximate surface area is 59.7 Å². The van der Waals surface area contributed by atoms with Crippen molar-refractivity contribution in [1.82, 2.24) is 0 Å². The fraction of sp³-hybridized carbons (Fsp3) is 0. The summed E-state index contributed by atoms with van der Waals surface area (Å²) < 4.78 is 0. The van der Waals surface area contributed by atoms with E-state index in [9.17, 15) is 4.79 Å². The fourth-order valence-corrected chi connectivity index (χ4v) is 0.770. The van der Waals surface area contributed by atoms with Crippen LogP contribution in [0.2, 0.25) is 0 Å². The summed E-state index contributed by atoms with van der Waals surface area (Å²) in [5.41, 5.74) is 0.843. The van der Waals surface area contributed by atoms with E-state index in [0.717, 1.165) is 5.46 Å². The molecule has 3 heteroatoms. The minimum atomic E-state index is -0.786. The number of benzene rings is 1. The Morgan fingerprint density at radius 3 is 2.40 bits per heavy atom. The molecule has 10 heavy (non-hydrogen) atoms. The van der Waals surface area contributed by atoms with Crippen LogP contribution in [0.15, 0.2) is 30.3 Å². The highest BCUT2D eigenvalue weighted by atomic mass is 16.4. The van der Waals surface area contributed by atoms with Crippen LogP contribution in [-0.4, -0.2) is 18.3 Å². The summed E-state index contributed by atoms with van der Waals surface area (Å²) in [6.45, 7) is 0. The first-order valence-electron chi connectivity index (χ1n) is 3.05. The summed E-state index contributed by atoms with van der Waals surface area (Å²) >= 11 is 0. The van der Waals surface area contributed by atoms with E-state index in [1.54, 1.807) is 12.1 Å². The molecule has 0 aromatic heterocycles. The molecule has 0 bridgehead atoms. The highest BCUT2D eigenvalue weighted by Crippen LogP contribution is 1.80. The van der Waals surface area contributed by atoms with Gasteiger partial charge in [-0.15, -0.1) is 0 Å². The molecule has 0 unspecified atom stereocenters. The lowest BCUT2D eigenvalue weighted by molar-refractivity contribution is 0.220. The molecule has 0 aliphatic rings. The van der Waals surface area contributed by atoms with E-state index in [2.05, 4.69) is 0 Å². The monoisotopic (exact) mass is 134 g/mol. The zero-order valence-electron chi connectivity index (χ0n) is 5.45. The first-order chi connectivity index (χ1) is 4.79. The minimum absolute atomic E-state index is 0.112.